The molecule has 1 rings (SSSR count). The molecular weight excluding hydrogens is 282 g/mol. The van der Waals surface area contributed by atoms with Gasteiger partial charge in [-0.2, -0.15) is 0 Å². The number of carbonyl (C=O) groups is 2. The van der Waals surface area contributed by atoms with E-state index in [9.17, 15) is 9.59 Å². The fourth-order valence-electron chi connectivity index (χ4n) is 2.10. The van der Waals surface area contributed by atoms with E-state index in [1.54, 1.807) is 18.2 Å². The summed E-state index contributed by atoms with van der Waals surface area (Å²) in [6, 6.07) is 5.24. The third-order valence-corrected chi connectivity index (χ3v) is 3.08. The highest BCUT2D eigenvalue weighted by molar-refractivity contribution is 6.10. The number of ether oxygens (including phenoxy) is 2. The molecule has 1 aromatic rings. The summed E-state index contributed by atoms with van der Waals surface area (Å²) in [7, 11) is 0. The molecule has 0 saturated carbocycles. The van der Waals surface area contributed by atoms with E-state index in [4.69, 9.17) is 9.47 Å². The maximum absolute atomic E-state index is 11.8. The second-order valence-corrected chi connectivity index (χ2v) is 4.99. The largest absolute Gasteiger partial charge is 0.382 e. The van der Waals surface area contributed by atoms with Crippen LogP contribution in [0.3, 0.4) is 0 Å². The van der Waals surface area contributed by atoms with Crippen molar-refractivity contribution in [1.29, 1.82) is 0 Å². The second-order valence-electron chi connectivity index (χ2n) is 4.99. The van der Waals surface area contributed by atoms with Crippen LogP contribution >= 0.6 is 0 Å². The van der Waals surface area contributed by atoms with Crippen LogP contribution in [-0.2, 0) is 9.47 Å². The average Bonchev–Trinajstić information content (AvgIpc) is 2.49. The number of carbonyl (C=O) groups excluding carboxylic acids is 2. The third-order valence-electron chi connectivity index (χ3n) is 3.08. The molecule has 0 atom stereocenters. The number of hydrogen-bond acceptors (Lipinski definition) is 5. The number of benzene rings is 1. The highest BCUT2D eigenvalue weighted by Gasteiger charge is 2.15. The number of ketones is 2. The van der Waals surface area contributed by atoms with E-state index < -0.39 is 0 Å². The summed E-state index contributed by atoms with van der Waals surface area (Å²) in [5.41, 5.74) is 1.57. The van der Waals surface area contributed by atoms with E-state index >= 15 is 0 Å². The van der Waals surface area contributed by atoms with E-state index in [1.165, 1.54) is 13.8 Å². The van der Waals surface area contributed by atoms with E-state index in [-0.39, 0.29) is 11.6 Å². The summed E-state index contributed by atoms with van der Waals surface area (Å²) >= 11 is 0. The van der Waals surface area contributed by atoms with E-state index in [0.29, 0.717) is 43.2 Å². The zero-order valence-corrected chi connectivity index (χ0v) is 13.6. The zero-order valence-electron chi connectivity index (χ0n) is 13.6. The molecule has 0 unspecified atom stereocenters. The fourth-order valence-corrected chi connectivity index (χ4v) is 2.10. The van der Waals surface area contributed by atoms with Crippen LogP contribution in [0.5, 0.6) is 0 Å². The molecule has 5 nitrogen and oxygen atoms in total. The minimum absolute atomic E-state index is 0.113. The van der Waals surface area contributed by atoms with Gasteiger partial charge in [0.25, 0.3) is 0 Å². The molecule has 0 bridgehead atoms. The number of Topliss-reactive ketones (excluding diaryl/α,β-unsaturated/α-hetero) is 2. The quantitative estimate of drug-likeness (QED) is 0.503. The summed E-state index contributed by atoms with van der Waals surface area (Å²) in [4.78, 5) is 23.4. The molecule has 0 aliphatic carbocycles. The number of hydrogen-bond donors (Lipinski definition) is 1. The maximum atomic E-state index is 11.8. The molecule has 0 amide bonds. The van der Waals surface area contributed by atoms with Crippen molar-refractivity contribution in [2.24, 2.45) is 0 Å². The van der Waals surface area contributed by atoms with Crippen molar-refractivity contribution in [3.63, 3.8) is 0 Å². The van der Waals surface area contributed by atoms with Crippen molar-refractivity contribution < 1.29 is 19.1 Å². The van der Waals surface area contributed by atoms with Crippen molar-refractivity contribution in [2.75, 3.05) is 38.3 Å². The van der Waals surface area contributed by atoms with Gasteiger partial charge in [0, 0.05) is 24.4 Å². The molecular formula is C17H25NO4. The van der Waals surface area contributed by atoms with Crippen molar-refractivity contribution >= 4 is 17.3 Å². The fraction of sp³-hybridized carbons (Fsp3) is 0.529. The Hall–Kier alpha value is -1.72. The Kier molecular flexibility index (Phi) is 8.40. The predicted molar refractivity (Wildman–Crippen MR) is 86.9 cm³/mol. The predicted octanol–water partition coefficient (Wildman–Crippen LogP) is 2.95. The van der Waals surface area contributed by atoms with Crippen molar-refractivity contribution in [2.45, 2.75) is 27.2 Å². The van der Waals surface area contributed by atoms with Crippen molar-refractivity contribution in [1.82, 2.24) is 0 Å². The van der Waals surface area contributed by atoms with Crippen LogP contribution in [-0.4, -0.2) is 44.5 Å². The highest BCUT2D eigenvalue weighted by Crippen LogP contribution is 2.21. The Labute approximate surface area is 132 Å². The molecule has 0 aliphatic heterocycles. The van der Waals surface area contributed by atoms with Gasteiger partial charge in [0.1, 0.15) is 0 Å². The number of rotatable bonds is 11. The Morgan fingerprint density at radius 2 is 1.68 bits per heavy atom. The molecule has 0 saturated heterocycles. The van der Waals surface area contributed by atoms with Gasteiger partial charge >= 0.3 is 0 Å². The molecule has 0 fully saturated rings. The van der Waals surface area contributed by atoms with Gasteiger partial charge in [-0.05, 0) is 26.3 Å². The second kappa shape index (κ2) is 10.1. The topological polar surface area (TPSA) is 64.6 Å². The summed E-state index contributed by atoms with van der Waals surface area (Å²) in [6.45, 7) is 7.96. The lowest BCUT2D eigenvalue weighted by Gasteiger charge is -2.13. The van der Waals surface area contributed by atoms with Gasteiger partial charge in [0.05, 0.1) is 25.4 Å². The molecule has 0 aromatic heterocycles. The lowest BCUT2D eigenvalue weighted by atomic mass is 9.99. The summed E-state index contributed by atoms with van der Waals surface area (Å²) < 4.78 is 10.8. The molecule has 5 heteroatoms. The Bertz CT molecular complexity index is 499. The average molecular weight is 307 g/mol. The molecule has 0 spiro atoms. The molecule has 0 aliphatic rings. The van der Waals surface area contributed by atoms with E-state index in [0.717, 1.165) is 13.0 Å². The molecule has 1 aromatic carbocycles. The van der Waals surface area contributed by atoms with Gasteiger partial charge in [0.2, 0.25) is 0 Å². The monoisotopic (exact) mass is 307 g/mol. The molecule has 22 heavy (non-hydrogen) atoms. The van der Waals surface area contributed by atoms with E-state index in [1.807, 2.05) is 0 Å². The Morgan fingerprint density at radius 1 is 1.00 bits per heavy atom. The zero-order chi connectivity index (χ0) is 16.4. The van der Waals surface area contributed by atoms with Crippen LogP contribution in [0, 0.1) is 0 Å². The maximum Gasteiger partial charge on any atom is 0.162 e. The lowest BCUT2D eigenvalue weighted by molar-refractivity contribution is 0.0519. The standard InChI is InChI=1S/C17H25NO4/c1-4-9-21-11-12-22-10-8-18-16-7-5-6-15(13(2)19)17(16)14(3)20/h5-7,18H,4,8-12H2,1-3H3. The lowest BCUT2D eigenvalue weighted by Crippen LogP contribution is -2.15. The number of anilines is 1. The van der Waals surface area contributed by atoms with Crippen molar-refractivity contribution in [3.8, 4) is 0 Å². The normalized spacial score (nSPS) is 10.5. The minimum atomic E-state index is -0.123. The van der Waals surface area contributed by atoms with Gasteiger partial charge in [-0.25, -0.2) is 0 Å². The Balaban J connectivity index is 2.47. The van der Waals surface area contributed by atoms with Gasteiger partial charge in [0.15, 0.2) is 11.6 Å². The minimum Gasteiger partial charge on any atom is -0.382 e. The first-order valence-electron chi connectivity index (χ1n) is 7.62. The number of nitrogens with one attached hydrogen (secondary N) is 1. The summed E-state index contributed by atoms with van der Waals surface area (Å²) in [6.07, 6.45) is 1.00. The SMILES string of the molecule is CCCOCCOCCNc1cccc(C(C)=O)c1C(C)=O. The molecule has 0 radical (unpaired) electrons. The highest BCUT2D eigenvalue weighted by atomic mass is 16.5. The Morgan fingerprint density at radius 3 is 2.27 bits per heavy atom. The molecule has 122 valence electrons. The first-order valence-corrected chi connectivity index (χ1v) is 7.62. The van der Waals surface area contributed by atoms with Gasteiger partial charge in [-0.1, -0.05) is 19.1 Å². The van der Waals surface area contributed by atoms with Crippen LogP contribution in [0.25, 0.3) is 0 Å². The van der Waals surface area contributed by atoms with Crippen LogP contribution in [0.2, 0.25) is 0 Å². The van der Waals surface area contributed by atoms with E-state index in [2.05, 4.69) is 12.2 Å². The van der Waals surface area contributed by atoms with Gasteiger partial charge in [-0.15, -0.1) is 0 Å². The smallest absolute Gasteiger partial charge is 0.162 e. The first-order chi connectivity index (χ1) is 10.6. The summed E-state index contributed by atoms with van der Waals surface area (Å²) in [5, 5.41) is 3.15. The van der Waals surface area contributed by atoms with Crippen LogP contribution in [0.15, 0.2) is 18.2 Å². The third kappa shape index (κ3) is 5.95. The van der Waals surface area contributed by atoms with Crippen LogP contribution in [0.4, 0.5) is 5.69 Å². The van der Waals surface area contributed by atoms with Gasteiger partial charge < -0.3 is 14.8 Å². The van der Waals surface area contributed by atoms with Crippen LogP contribution < -0.4 is 5.32 Å². The summed E-state index contributed by atoms with van der Waals surface area (Å²) in [5.74, 6) is -0.236. The molecule has 1 N–H and O–H groups in total. The van der Waals surface area contributed by atoms with Gasteiger partial charge in [-0.3, -0.25) is 9.59 Å². The van der Waals surface area contributed by atoms with Crippen LogP contribution in [0.1, 0.15) is 47.9 Å². The first kappa shape index (κ1) is 18.3. The molecule has 0 heterocycles. The van der Waals surface area contributed by atoms with Crippen molar-refractivity contribution in [3.05, 3.63) is 29.3 Å².